The molecule has 0 radical (unpaired) electrons. The summed E-state index contributed by atoms with van der Waals surface area (Å²) >= 11 is 3.30. The first-order chi connectivity index (χ1) is 6.18. The lowest BCUT2D eigenvalue weighted by atomic mass is 9.88. The number of fused-ring (bicyclic) bond motifs is 1. The fourth-order valence-corrected chi connectivity index (χ4v) is 2.09. The third-order valence-corrected chi connectivity index (χ3v) is 2.95. The summed E-state index contributed by atoms with van der Waals surface area (Å²) in [7, 11) is 0. The summed E-state index contributed by atoms with van der Waals surface area (Å²) in [6.45, 7) is 0. The highest BCUT2D eigenvalue weighted by Crippen LogP contribution is 2.33. The number of aliphatic hydroxyl groups is 1. The van der Waals surface area contributed by atoms with Gasteiger partial charge in [0.1, 0.15) is 12.3 Å². The van der Waals surface area contributed by atoms with E-state index in [1.807, 2.05) is 12.1 Å². The molecule has 0 heterocycles. The van der Waals surface area contributed by atoms with Crippen LogP contribution in [0.5, 0.6) is 0 Å². The number of hydrogen-bond acceptors (Lipinski definition) is 1. The Balaban J connectivity index is 2.45. The topological polar surface area (TPSA) is 20.2 Å². The first-order valence-electron chi connectivity index (χ1n) is 4.29. The van der Waals surface area contributed by atoms with Crippen LogP contribution in [-0.4, -0.2) is 11.3 Å². The Morgan fingerprint density at radius 1 is 1.46 bits per heavy atom. The highest BCUT2D eigenvalue weighted by atomic mass is 79.9. The first kappa shape index (κ1) is 9.16. The number of aryl methyl sites for hydroxylation is 1. The van der Waals surface area contributed by atoms with E-state index in [2.05, 4.69) is 15.9 Å². The Labute approximate surface area is 84.7 Å². The lowest BCUT2D eigenvalue weighted by Gasteiger charge is -2.24. The first-order valence-corrected chi connectivity index (χ1v) is 5.08. The van der Waals surface area contributed by atoms with Gasteiger partial charge in [0.2, 0.25) is 0 Å². The molecular formula is C10H10BrFO. The highest BCUT2D eigenvalue weighted by molar-refractivity contribution is 9.10. The van der Waals surface area contributed by atoms with E-state index in [-0.39, 0.29) is 0 Å². The van der Waals surface area contributed by atoms with Gasteiger partial charge in [0.25, 0.3) is 0 Å². The van der Waals surface area contributed by atoms with Crippen molar-refractivity contribution in [2.24, 2.45) is 0 Å². The third-order valence-electron chi connectivity index (χ3n) is 2.46. The van der Waals surface area contributed by atoms with Crippen molar-refractivity contribution in [3.8, 4) is 0 Å². The van der Waals surface area contributed by atoms with Crippen LogP contribution in [0.15, 0.2) is 22.7 Å². The molecule has 0 amide bonds. The summed E-state index contributed by atoms with van der Waals surface area (Å²) in [6.07, 6.45) is -0.903. The Hall–Kier alpha value is -0.410. The molecule has 0 bridgehead atoms. The van der Waals surface area contributed by atoms with Crippen LogP contribution in [0.25, 0.3) is 0 Å². The Morgan fingerprint density at radius 2 is 2.23 bits per heavy atom. The molecule has 0 unspecified atom stereocenters. The van der Waals surface area contributed by atoms with E-state index in [1.165, 1.54) is 0 Å². The molecule has 2 rings (SSSR count). The lowest BCUT2D eigenvalue weighted by Crippen LogP contribution is -2.21. The second-order valence-electron chi connectivity index (χ2n) is 3.34. The van der Waals surface area contributed by atoms with Crippen molar-refractivity contribution >= 4 is 15.9 Å². The predicted molar refractivity (Wildman–Crippen MR) is 52.3 cm³/mol. The van der Waals surface area contributed by atoms with Crippen LogP contribution in [0.1, 0.15) is 23.7 Å². The van der Waals surface area contributed by atoms with Gasteiger partial charge in [-0.2, -0.15) is 0 Å². The van der Waals surface area contributed by atoms with Gasteiger partial charge in [0, 0.05) is 4.47 Å². The second-order valence-corrected chi connectivity index (χ2v) is 4.26. The zero-order chi connectivity index (χ0) is 9.42. The van der Waals surface area contributed by atoms with Crippen molar-refractivity contribution in [1.82, 2.24) is 0 Å². The minimum Gasteiger partial charge on any atom is -0.385 e. The molecule has 0 spiro atoms. The molecule has 0 saturated heterocycles. The van der Waals surface area contributed by atoms with Gasteiger partial charge in [-0.25, -0.2) is 4.39 Å². The van der Waals surface area contributed by atoms with E-state index in [1.54, 1.807) is 6.07 Å². The quantitative estimate of drug-likeness (QED) is 0.745. The molecular weight excluding hydrogens is 235 g/mol. The summed E-state index contributed by atoms with van der Waals surface area (Å²) in [6, 6.07) is 5.66. The minimum atomic E-state index is -1.11. The van der Waals surface area contributed by atoms with Crippen LogP contribution in [0.2, 0.25) is 0 Å². The van der Waals surface area contributed by atoms with Gasteiger partial charge in [-0.3, -0.25) is 0 Å². The average Bonchev–Trinajstić information content (AvgIpc) is 2.12. The van der Waals surface area contributed by atoms with Crippen molar-refractivity contribution in [2.45, 2.75) is 25.1 Å². The zero-order valence-electron chi connectivity index (χ0n) is 7.00. The van der Waals surface area contributed by atoms with E-state index in [0.717, 1.165) is 22.0 Å². The minimum absolute atomic E-state index is 0.426. The molecule has 1 aliphatic carbocycles. The van der Waals surface area contributed by atoms with E-state index in [4.69, 9.17) is 0 Å². The number of aliphatic hydroxyl groups excluding tert-OH is 1. The van der Waals surface area contributed by atoms with Gasteiger partial charge in [0.05, 0.1) is 0 Å². The Kier molecular flexibility index (Phi) is 2.39. The van der Waals surface area contributed by atoms with Crippen LogP contribution >= 0.6 is 15.9 Å². The van der Waals surface area contributed by atoms with Crippen LogP contribution < -0.4 is 0 Å². The molecule has 0 aromatic heterocycles. The fourth-order valence-electron chi connectivity index (χ4n) is 1.71. The molecule has 1 nitrogen and oxygen atoms in total. The highest BCUT2D eigenvalue weighted by Gasteiger charge is 2.27. The van der Waals surface area contributed by atoms with Crippen molar-refractivity contribution < 1.29 is 9.50 Å². The lowest BCUT2D eigenvalue weighted by molar-refractivity contribution is 0.0642. The van der Waals surface area contributed by atoms with Crippen LogP contribution in [-0.2, 0) is 6.42 Å². The third kappa shape index (κ3) is 1.63. The predicted octanol–water partition coefficient (Wildman–Crippen LogP) is 2.77. The molecule has 1 N–H and O–H groups in total. The molecule has 0 fully saturated rings. The summed E-state index contributed by atoms with van der Waals surface area (Å²) in [5.41, 5.74) is 1.79. The number of rotatable bonds is 0. The monoisotopic (exact) mass is 244 g/mol. The van der Waals surface area contributed by atoms with Gasteiger partial charge in [-0.15, -0.1) is 0 Å². The smallest absolute Gasteiger partial charge is 0.130 e. The SMILES string of the molecule is O[C@@H]1c2cc(Br)ccc2CC[C@@H]1F. The van der Waals surface area contributed by atoms with Gasteiger partial charge < -0.3 is 5.11 Å². The van der Waals surface area contributed by atoms with Gasteiger partial charge in [-0.05, 0) is 36.1 Å². The molecule has 1 aliphatic rings. The van der Waals surface area contributed by atoms with Crippen molar-refractivity contribution in [3.05, 3.63) is 33.8 Å². The van der Waals surface area contributed by atoms with Crippen molar-refractivity contribution in [3.63, 3.8) is 0 Å². The molecule has 70 valence electrons. The second kappa shape index (κ2) is 3.39. The van der Waals surface area contributed by atoms with Gasteiger partial charge in [0.15, 0.2) is 0 Å². The molecule has 1 aromatic rings. The summed E-state index contributed by atoms with van der Waals surface area (Å²) in [5.74, 6) is 0. The van der Waals surface area contributed by atoms with Crippen LogP contribution in [0, 0.1) is 0 Å². The number of alkyl halides is 1. The van der Waals surface area contributed by atoms with E-state index in [9.17, 15) is 9.50 Å². The van der Waals surface area contributed by atoms with Crippen LogP contribution in [0.3, 0.4) is 0 Å². The number of hydrogen-bond donors (Lipinski definition) is 1. The fraction of sp³-hybridized carbons (Fsp3) is 0.400. The van der Waals surface area contributed by atoms with Gasteiger partial charge >= 0.3 is 0 Å². The van der Waals surface area contributed by atoms with Gasteiger partial charge in [-0.1, -0.05) is 22.0 Å². The standard InChI is InChI=1S/C10H10BrFO/c11-7-3-1-6-2-4-9(12)10(13)8(6)5-7/h1,3,5,9-10,13H,2,4H2/t9-,10+/m0/s1. The van der Waals surface area contributed by atoms with Crippen molar-refractivity contribution in [1.29, 1.82) is 0 Å². The maximum Gasteiger partial charge on any atom is 0.130 e. The normalized spacial score (nSPS) is 27.0. The molecule has 13 heavy (non-hydrogen) atoms. The van der Waals surface area contributed by atoms with E-state index in [0.29, 0.717) is 6.42 Å². The molecule has 2 atom stereocenters. The summed E-state index contributed by atoms with van der Waals surface area (Å²) < 4.78 is 14.0. The molecule has 3 heteroatoms. The Morgan fingerprint density at radius 3 is 3.00 bits per heavy atom. The van der Waals surface area contributed by atoms with Crippen LogP contribution in [0.4, 0.5) is 4.39 Å². The van der Waals surface area contributed by atoms with E-state index < -0.39 is 12.3 Å². The summed E-state index contributed by atoms with van der Waals surface area (Å²) in [5, 5.41) is 9.56. The Bertz CT molecular complexity index is 327. The number of halogens is 2. The molecule has 0 saturated carbocycles. The van der Waals surface area contributed by atoms with E-state index >= 15 is 0 Å². The largest absolute Gasteiger partial charge is 0.385 e. The zero-order valence-corrected chi connectivity index (χ0v) is 8.59. The maximum atomic E-state index is 13.1. The number of benzene rings is 1. The molecule has 1 aromatic carbocycles. The average molecular weight is 245 g/mol. The molecule has 0 aliphatic heterocycles. The maximum absolute atomic E-state index is 13.1. The van der Waals surface area contributed by atoms with Crippen molar-refractivity contribution in [2.75, 3.05) is 0 Å². The summed E-state index contributed by atoms with van der Waals surface area (Å²) in [4.78, 5) is 0.